The number of rotatable bonds is 8. The lowest BCUT2D eigenvalue weighted by molar-refractivity contribution is -0.118. The van der Waals surface area contributed by atoms with Gasteiger partial charge in [0.2, 0.25) is 0 Å². The van der Waals surface area contributed by atoms with E-state index in [2.05, 4.69) is 15.4 Å². The van der Waals surface area contributed by atoms with E-state index in [4.69, 9.17) is 21.1 Å². The van der Waals surface area contributed by atoms with Gasteiger partial charge in [-0.25, -0.2) is 9.37 Å². The van der Waals surface area contributed by atoms with Gasteiger partial charge in [-0.05, 0) is 42.5 Å². The van der Waals surface area contributed by atoms with E-state index in [0.29, 0.717) is 38.6 Å². The van der Waals surface area contributed by atoms with Crippen molar-refractivity contribution in [3.63, 3.8) is 0 Å². The van der Waals surface area contributed by atoms with Crippen LogP contribution in [0.5, 0.6) is 11.5 Å². The topological polar surface area (TPSA) is 94.8 Å². The van der Waals surface area contributed by atoms with Gasteiger partial charge in [-0.1, -0.05) is 54.1 Å². The summed E-state index contributed by atoms with van der Waals surface area (Å²) in [6.07, 6.45) is 1.39. The Hall–Kier alpha value is -5.02. The standard InChI is InChI=1S/C30H22ClFN4O4/c1-39-26-16-21(31)15-20(28(26)40-18-27(37)34-23-13-11-22(32)12-14-23)17-33-36-29(19-7-3-2-4-8-19)35-25-10-6-5-9-24(25)30(36)38/h2-17H,18H2,1H3,(H,34,37). The van der Waals surface area contributed by atoms with E-state index < -0.39 is 11.7 Å². The molecule has 0 radical (unpaired) electrons. The number of ether oxygens (including phenoxy) is 2. The fourth-order valence-electron chi connectivity index (χ4n) is 3.98. The molecule has 0 bridgehead atoms. The van der Waals surface area contributed by atoms with Crippen LogP contribution in [0.4, 0.5) is 10.1 Å². The number of hydrogen-bond acceptors (Lipinski definition) is 6. The van der Waals surface area contributed by atoms with Crippen LogP contribution in [0.1, 0.15) is 5.56 Å². The van der Waals surface area contributed by atoms with Gasteiger partial charge in [0, 0.05) is 27.9 Å². The number of nitrogens with one attached hydrogen (secondary N) is 1. The molecule has 0 saturated heterocycles. The second-order valence-electron chi connectivity index (χ2n) is 8.55. The summed E-state index contributed by atoms with van der Waals surface area (Å²) >= 11 is 6.31. The molecule has 0 aliphatic heterocycles. The fraction of sp³-hybridized carbons (Fsp3) is 0.0667. The minimum absolute atomic E-state index is 0.188. The van der Waals surface area contributed by atoms with E-state index in [-0.39, 0.29) is 23.7 Å². The number of para-hydroxylation sites is 1. The van der Waals surface area contributed by atoms with Crippen LogP contribution in [0.15, 0.2) is 101 Å². The molecule has 10 heteroatoms. The molecule has 5 aromatic rings. The summed E-state index contributed by atoms with van der Waals surface area (Å²) < 4.78 is 25.6. The van der Waals surface area contributed by atoms with Crippen LogP contribution in [0, 0.1) is 5.82 Å². The molecule has 1 aromatic heterocycles. The van der Waals surface area contributed by atoms with Gasteiger partial charge in [-0.15, -0.1) is 0 Å². The highest BCUT2D eigenvalue weighted by molar-refractivity contribution is 6.31. The largest absolute Gasteiger partial charge is 0.493 e. The lowest BCUT2D eigenvalue weighted by Gasteiger charge is -2.14. The minimum atomic E-state index is -0.479. The number of hydrogen-bond donors (Lipinski definition) is 1. The Bertz CT molecular complexity index is 1770. The Morgan fingerprint density at radius 1 is 1.05 bits per heavy atom. The molecule has 1 heterocycles. The molecule has 5 rings (SSSR count). The maximum Gasteiger partial charge on any atom is 0.282 e. The third-order valence-electron chi connectivity index (χ3n) is 5.84. The summed E-state index contributed by atoms with van der Waals surface area (Å²) in [5.74, 6) is -0.104. The number of fused-ring (bicyclic) bond motifs is 1. The van der Waals surface area contributed by atoms with Crippen LogP contribution in [-0.4, -0.2) is 35.5 Å². The molecule has 40 heavy (non-hydrogen) atoms. The molecule has 0 atom stereocenters. The zero-order chi connectivity index (χ0) is 28.1. The smallest absolute Gasteiger partial charge is 0.282 e. The first-order valence-corrected chi connectivity index (χ1v) is 12.5. The van der Waals surface area contributed by atoms with Crippen molar-refractivity contribution in [2.75, 3.05) is 19.0 Å². The van der Waals surface area contributed by atoms with Gasteiger partial charge < -0.3 is 14.8 Å². The monoisotopic (exact) mass is 556 g/mol. The average molecular weight is 557 g/mol. The highest BCUT2D eigenvalue weighted by Crippen LogP contribution is 2.34. The van der Waals surface area contributed by atoms with Crippen molar-refractivity contribution in [2.45, 2.75) is 0 Å². The molecular formula is C30H22ClFN4O4. The molecule has 0 fully saturated rings. The third kappa shape index (κ3) is 5.84. The zero-order valence-electron chi connectivity index (χ0n) is 21.2. The average Bonchev–Trinajstić information content (AvgIpc) is 2.97. The summed E-state index contributed by atoms with van der Waals surface area (Å²) in [6, 6.07) is 24.7. The molecule has 0 aliphatic rings. The number of halogens is 2. The normalized spacial score (nSPS) is 11.1. The minimum Gasteiger partial charge on any atom is -0.493 e. The van der Waals surface area contributed by atoms with Crippen molar-refractivity contribution in [3.8, 4) is 22.9 Å². The lowest BCUT2D eigenvalue weighted by atomic mass is 10.2. The van der Waals surface area contributed by atoms with Gasteiger partial charge in [-0.3, -0.25) is 9.59 Å². The van der Waals surface area contributed by atoms with Gasteiger partial charge in [0.1, 0.15) is 5.82 Å². The van der Waals surface area contributed by atoms with E-state index in [9.17, 15) is 14.0 Å². The molecule has 0 spiro atoms. The third-order valence-corrected chi connectivity index (χ3v) is 6.06. The molecule has 4 aromatic carbocycles. The van der Waals surface area contributed by atoms with Crippen LogP contribution < -0.4 is 20.3 Å². The number of carbonyl (C=O) groups excluding carboxylic acids is 1. The maximum absolute atomic E-state index is 13.5. The number of carbonyl (C=O) groups is 1. The Morgan fingerprint density at radius 2 is 1.77 bits per heavy atom. The van der Waals surface area contributed by atoms with Gasteiger partial charge >= 0.3 is 0 Å². The van der Waals surface area contributed by atoms with E-state index in [1.54, 1.807) is 24.3 Å². The van der Waals surface area contributed by atoms with Crippen molar-refractivity contribution in [3.05, 3.63) is 118 Å². The maximum atomic E-state index is 13.5. The van der Waals surface area contributed by atoms with E-state index in [0.717, 1.165) is 0 Å². The highest BCUT2D eigenvalue weighted by Gasteiger charge is 2.16. The van der Waals surface area contributed by atoms with Crippen LogP contribution in [0.2, 0.25) is 5.02 Å². The highest BCUT2D eigenvalue weighted by atomic mass is 35.5. The molecule has 0 aliphatic carbocycles. The number of anilines is 1. The quantitative estimate of drug-likeness (QED) is 0.245. The SMILES string of the molecule is COc1cc(Cl)cc(C=Nn2c(-c3ccccc3)nc3ccccc3c2=O)c1OCC(=O)Nc1ccc(F)cc1. The number of methoxy groups -OCH3 is 1. The van der Waals surface area contributed by atoms with Crippen molar-refractivity contribution < 1.29 is 18.7 Å². The van der Waals surface area contributed by atoms with Gasteiger partial charge in [0.25, 0.3) is 11.5 Å². The number of aromatic nitrogens is 2. The van der Waals surface area contributed by atoms with E-state index >= 15 is 0 Å². The van der Waals surface area contributed by atoms with Gasteiger partial charge in [-0.2, -0.15) is 9.78 Å². The van der Waals surface area contributed by atoms with E-state index in [1.165, 1.54) is 48.3 Å². The van der Waals surface area contributed by atoms with Crippen LogP contribution in [0.3, 0.4) is 0 Å². The zero-order valence-corrected chi connectivity index (χ0v) is 21.9. The molecule has 0 unspecified atom stereocenters. The van der Waals surface area contributed by atoms with Gasteiger partial charge in [0.05, 0.1) is 24.2 Å². The summed E-state index contributed by atoms with van der Waals surface area (Å²) in [5, 5.41) is 7.83. The first kappa shape index (κ1) is 26.6. The molecule has 0 saturated carbocycles. The van der Waals surface area contributed by atoms with Crippen LogP contribution in [0.25, 0.3) is 22.3 Å². The molecule has 8 nitrogen and oxygen atoms in total. The molecular weight excluding hydrogens is 535 g/mol. The lowest BCUT2D eigenvalue weighted by Crippen LogP contribution is -2.21. The fourth-order valence-corrected chi connectivity index (χ4v) is 4.20. The Morgan fingerprint density at radius 3 is 2.52 bits per heavy atom. The summed E-state index contributed by atoms with van der Waals surface area (Å²) in [5.41, 5.74) is 1.64. The van der Waals surface area contributed by atoms with E-state index in [1.807, 2.05) is 36.4 Å². The number of amides is 1. The predicted octanol–water partition coefficient (Wildman–Crippen LogP) is 5.76. The van der Waals surface area contributed by atoms with Crippen molar-refractivity contribution >= 4 is 40.3 Å². The number of nitrogens with zero attached hydrogens (tertiary/aromatic N) is 3. The number of benzene rings is 4. The van der Waals surface area contributed by atoms with Crippen molar-refractivity contribution in [1.82, 2.24) is 9.66 Å². The van der Waals surface area contributed by atoms with Crippen molar-refractivity contribution in [2.24, 2.45) is 5.10 Å². The Labute approximate surface area is 233 Å². The predicted molar refractivity (Wildman–Crippen MR) is 153 cm³/mol. The molecule has 1 N–H and O–H groups in total. The molecule has 200 valence electrons. The van der Waals surface area contributed by atoms with Crippen molar-refractivity contribution in [1.29, 1.82) is 0 Å². The summed E-state index contributed by atoms with van der Waals surface area (Å²) in [7, 11) is 1.43. The molecule has 1 amide bonds. The Kier molecular flexibility index (Phi) is 7.84. The first-order chi connectivity index (χ1) is 19.4. The first-order valence-electron chi connectivity index (χ1n) is 12.1. The van der Waals surface area contributed by atoms with Gasteiger partial charge in [0.15, 0.2) is 23.9 Å². The summed E-state index contributed by atoms with van der Waals surface area (Å²) in [6.45, 7) is -0.386. The van der Waals surface area contributed by atoms with Crippen LogP contribution >= 0.6 is 11.6 Å². The Balaban J connectivity index is 1.51. The second-order valence-corrected chi connectivity index (χ2v) is 8.99. The second kappa shape index (κ2) is 11.8. The van der Waals surface area contributed by atoms with Crippen LogP contribution in [-0.2, 0) is 4.79 Å². The summed E-state index contributed by atoms with van der Waals surface area (Å²) in [4.78, 5) is 30.7.